The van der Waals surface area contributed by atoms with E-state index in [1.807, 2.05) is 6.92 Å². The molecule has 10 heteroatoms. The van der Waals surface area contributed by atoms with E-state index < -0.39 is 17.2 Å². The molecule has 3 heterocycles. The zero-order valence-corrected chi connectivity index (χ0v) is 19.3. The number of carbonyl (C=O) groups excluding carboxylic acids is 1. The monoisotopic (exact) mass is 473 g/mol. The van der Waals surface area contributed by atoms with Gasteiger partial charge in [0.15, 0.2) is 10.8 Å². The highest BCUT2D eigenvalue weighted by Gasteiger charge is 2.22. The number of amides is 1. The Morgan fingerprint density at radius 1 is 1.25 bits per heavy atom. The molecule has 0 radical (unpaired) electrons. The third-order valence-electron chi connectivity index (χ3n) is 5.47. The Bertz CT molecular complexity index is 1300. The van der Waals surface area contributed by atoms with E-state index >= 15 is 0 Å². The summed E-state index contributed by atoms with van der Waals surface area (Å²) in [5.41, 5.74) is 0.657. The van der Waals surface area contributed by atoms with E-state index in [-0.39, 0.29) is 18.7 Å². The number of aromatic nitrogens is 3. The molecule has 2 aromatic heterocycles. The fourth-order valence-electron chi connectivity index (χ4n) is 3.78. The van der Waals surface area contributed by atoms with Gasteiger partial charge in [0.1, 0.15) is 11.2 Å². The molecule has 0 aliphatic carbocycles. The molecule has 0 unspecified atom stereocenters. The second-order valence-electron chi connectivity index (χ2n) is 7.78. The van der Waals surface area contributed by atoms with Crippen LogP contribution < -0.4 is 21.5 Å². The second-order valence-corrected chi connectivity index (χ2v) is 9.19. The molecule has 1 fully saturated rings. The van der Waals surface area contributed by atoms with Gasteiger partial charge < -0.3 is 10.2 Å². The van der Waals surface area contributed by atoms with Crippen LogP contribution in [0.1, 0.15) is 24.8 Å². The summed E-state index contributed by atoms with van der Waals surface area (Å²) in [4.78, 5) is 45.7. The van der Waals surface area contributed by atoms with Gasteiger partial charge in [0.05, 0.1) is 0 Å². The predicted octanol–water partition coefficient (Wildman–Crippen LogP) is 3.40. The van der Waals surface area contributed by atoms with E-state index in [0.29, 0.717) is 20.5 Å². The Morgan fingerprint density at radius 3 is 2.72 bits per heavy atom. The largest absolute Gasteiger partial charge is 0.348 e. The molecule has 4 rings (SSSR count). The predicted molar refractivity (Wildman–Crippen MR) is 129 cm³/mol. The molecule has 0 atom stereocenters. The Kier molecular flexibility index (Phi) is 6.48. The number of hydrogen-bond acceptors (Lipinski definition) is 6. The number of piperidine rings is 1. The first-order valence-electron chi connectivity index (χ1n) is 10.4. The standard InChI is InChI=1S/C22H24ClN5O3S/c1-3-9-27-20(30)18-19(25-21(32-18)26-10-5-4-6-11-26)28(22(27)31)13-17(29)24-16-12-15(23)8-7-14(16)2/h3,7-8,12H,1,4-6,9-11,13H2,2H3,(H,24,29). The fraction of sp³-hybridized carbons (Fsp3) is 0.364. The highest BCUT2D eigenvalue weighted by molar-refractivity contribution is 7.22. The summed E-state index contributed by atoms with van der Waals surface area (Å²) in [5.74, 6) is -0.407. The van der Waals surface area contributed by atoms with Crippen molar-refractivity contribution >= 4 is 50.0 Å². The highest BCUT2D eigenvalue weighted by atomic mass is 35.5. The van der Waals surface area contributed by atoms with Crippen LogP contribution >= 0.6 is 22.9 Å². The fourth-order valence-corrected chi connectivity index (χ4v) is 5.03. The molecular formula is C22H24ClN5O3S. The molecule has 168 valence electrons. The molecule has 0 saturated carbocycles. The van der Waals surface area contributed by atoms with Crippen molar-refractivity contribution in [3.8, 4) is 0 Å². The molecule has 1 N–H and O–H groups in total. The Morgan fingerprint density at radius 2 is 2.00 bits per heavy atom. The van der Waals surface area contributed by atoms with Crippen LogP contribution in [0.5, 0.6) is 0 Å². The zero-order chi connectivity index (χ0) is 22.8. The lowest BCUT2D eigenvalue weighted by molar-refractivity contribution is -0.116. The summed E-state index contributed by atoms with van der Waals surface area (Å²) >= 11 is 7.31. The van der Waals surface area contributed by atoms with Gasteiger partial charge in [-0.15, -0.1) is 6.58 Å². The molecule has 8 nitrogen and oxygen atoms in total. The van der Waals surface area contributed by atoms with Gasteiger partial charge in [-0.2, -0.15) is 0 Å². The summed E-state index contributed by atoms with van der Waals surface area (Å²) in [6.07, 6.45) is 4.78. The maximum atomic E-state index is 13.1. The van der Waals surface area contributed by atoms with Gasteiger partial charge in [0, 0.05) is 30.3 Å². The number of carbonyl (C=O) groups is 1. The first-order valence-corrected chi connectivity index (χ1v) is 11.6. The number of benzene rings is 1. The van der Waals surface area contributed by atoms with E-state index in [4.69, 9.17) is 11.6 Å². The molecule has 1 saturated heterocycles. The van der Waals surface area contributed by atoms with Crippen molar-refractivity contribution in [2.45, 2.75) is 39.3 Å². The average molecular weight is 474 g/mol. The first kappa shape index (κ1) is 22.3. The summed E-state index contributed by atoms with van der Waals surface area (Å²) < 4.78 is 2.71. The van der Waals surface area contributed by atoms with Crippen LogP contribution in [0, 0.1) is 6.92 Å². The molecule has 1 aromatic carbocycles. The minimum absolute atomic E-state index is 0.0551. The lowest BCUT2D eigenvalue weighted by Crippen LogP contribution is -2.41. The first-order chi connectivity index (χ1) is 15.4. The van der Waals surface area contributed by atoms with Gasteiger partial charge in [-0.3, -0.25) is 18.7 Å². The van der Waals surface area contributed by atoms with E-state index in [1.165, 1.54) is 28.4 Å². The quantitative estimate of drug-likeness (QED) is 0.554. The third kappa shape index (κ3) is 4.35. The lowest BCUT2D eigenvalue weighted by atomic mass is 10.1. The van der Waals surface area contributed by atoms with Crippen LogP contribution in [0.2, 0.25) is 5.02 Å². The normalized spacial score (nSPS) is 14.0. The smallest absolute Gasteiger partial charge is 0.333 e. The lowest BCUT2D eigenvalue weighted by Gasteiger charge is -2.25. The molecule has 1 amide bonds. The van der Waals surface area contributed by atoms with Gasteiger partial charge >= 0.3 is 5.69 Å². The number of allylic oxidation sites excluding steroid dienone is 1. The second kappa shape index (κ2) is 9.30. The number of nitrogens with one attached hydrogen (secondary N) is 1. The third-order valence-corrected chi connectivity index (χ3v) is 6.80. The van der Waals surface area contributed by atoms with E-state index in [2.05, 4.69) is 21.8 Å². The van der Waals surface area contributed by atoms with Crippen molar-refractivity contribution in [1.82, 2.24) is 14.1 Å². The summed E-state index contributed by atoms with van der Waals surface area (Å²) in [7, 11) is 0. The Labute approximate surface area is 193 Å². The SMILES string of the molecule is C=CCn1c(=O)c2sc(N3CCCCC3)nc2n(CC(=O)Nc2cc(Cl)ccc2C)c1=O. The van der Waals surface area contributed by atoms with Crippen LogP contribution in [0.25, 0.3) is 10.3 Å². The van der Waals surface area contributed by atoms with E-state index in [0.717, 1.165) is 36.1 Å². The number of nitrogens with zero attached hydrogens (tertiary/aromatic N) is 4. The molecule has 0 bridgehead atoms. The maximum Gasteiger partial charge on any atom is 0.333 e. The molecule has 1 aliphatic heterocycles. The van der Waals surface area contributed by atoms with Crippen LogP contribution in [-0.2, 0) is 17.9 Å². The van der Waals surface area contributed by atoms with Gasteiger partial charge in [-0.1, -0.05) is 35.1 Å². The van der Waals surface area contributed by atoms with Gasteiger partial charge in [0.25, 0.3) is 5.56 Å². The van der Waals surface area contributed by atoms with Crippen molar-refractivity contribution in [2.75, 3.05) is 23.3 Å². The minimum atomic E-state index is -0.587. The molecule has 32 heavy (non-hydrogen) atoms. The van der Waals surface area contributed by atoms with E-state index in [9.17, 15) is 14.4 Å². The Balaban J connectivity index is 1.76. The Hall–Kier alpha value is -2.91. The number of thiazole rings is 1. The summed E-state index contributed by atoms with van der Waals surface area (Å²) in [6, 6.07) is 5.20. The van der Waals surface area contributed by atoms with Gasteiger partial charge in [-0.05, 0) is 43.9 Å². The number of anilines is 2. The topological polar surface area (TPSA) is 89.2 Å². The maximum absolute atomic E-state index is 13.1. The summed E-state index contributed by atoms with van der Waals surface area (Å²) in [6.45, 7) is 6.99. The molecular weight excluding hydrogens is 450 g/mol. The number of hydrogen-bond donors (Lipinski definition) is 1. The van der Waals surface area contributed by atoms with Crippen LogP contribution in [-0.4, -0.2) is 33.1 Å². The van der Waals surface area contributed by atoms with Gasteiger partial charge in [-0.25, -0.2) is 9.78 Å². The van der Waals surface area contributed by atoms with Crippen molar-refractivity contribution < 1.29 is 4.79 Å². The van der Waals surface area contributed by atoms with Crippen molar-refractivity contribution in [2.24, 2.45) is 0 Å². The minimum Gasteiger partial charge on any atom is -0.348 e. The van der Waals surface area contributed by atoms with Gasteiger partial charge in [0.2, 0.25) is 5.91 Å². The van der Waals surface area contributed by atoms with Crippen molar-refractivity contribution in [3.05, 3.63) is 62.3 Å². The molecule has 3 aromatic rings. The summed E-state index contributed by atoms with van der Waals surface area (Å²) in [5, 5.41) is 4.00. The highest BCUT2D eigenvalue weighted by Crippen LogP contribution is 2.28. The average Bonchev–Trinajstić information content (AvgIpc) is 3.23. The van der Waals surface area contributed by atoms with Crippen LogP contribution in [0.4, 0.5) is 10.8 Å². The van der Waals surface area contributed by atoms with Crippen molar-refractivity contribution in [1.29, 1.82) is 0 Å². The van der Waals surface area contributed by atoms with Crippen molar-refractivity contribution in [3.63, 3.8) is 0 Å². The number of aryl methyl sites for hydroxylation is 1. The van der Waals surface area contributed by atoms with E-state index in [1.54, 1.807) is 18.2 Å². The number of halogens is 1. The number of fused-ring (bicyclic) bond motifs is 1. The molecule has 1 aliphatic rings. The number of rotatable bonds is 6. The van der Waals surface area contributed by atoms with Crippen LogP contribution in [0.15, 0.2) is 40.4 Å². The molecule has 0 spiro atoms. The van der Waals surface area contributed by atoms with Crippen LogP contribution in [0.3, 0.4) is 0 Å². The zero-order valence-electron chi connectivity index (χ0n) is 17.8.